The SMILES string of the molecule is O=c1[nH]cc(OC(F)(F)F)c(O)c1O. The molecule has 0 radical (unpaired) electrons. The van der Waals surface area contributed by atoms with Crippen LogP contribution in [0.3, 0.4) is 0 Å². The lowest BCUT2D eigenvalue weighted by atomic mass is 10.4. The van der Waals surface area contributed by atoms with Crippen LogP contribution in [-0.4, -0.2) is 21.6 Å². The Morgan fingerprint density at radius 2 is 1.86 bits per heavy atom. The quantitative estimate of drug-likeness (QED) is 0.638. The number of pyridine rings is 1. The molecular formula is C6H4F3NO4. The number of halogens is 3. The number of alkyl halides is 3. The number of aromatic nitrogens is 1. The molecule has 3 N–H and O–H groups in total. The number of hydrogen-bond acceptors (Lipinski definition) is 4. The lowest BCUT2D eigenvalue weighted by molar-refractivity contribution is -0.275. The fraction of sp³-hybridized carbons (Fsp3) is 0.167. The van der Waals surface area contributed by atoms with Crippen molar-refractivity contribution >= 4 is 0 Å². The highest BCUT2D eigenvalue weighted by molar-refractivity contribution is 5.46. The van der Waals surface area contributed by atoms with Crippen molar-refractivity contribution < 1.29 is 28.1 Å². The van der Waals surface area contributed by atoms with E-state index in [1.807, 2.05) is 0 Å². The van der Waals surface area contributed by atoms with Crippen LogP contribution in [0.4, 0.5) is 13.2 Å². The largest absolute Gasteiger partial charge is 0.573 e. The smallest absolute Gasteiger partial charge is 0.502 e. The van der Waals surface area contributed by atoms with Gasteiger partial charge in [-0.1, -0.05) is 0 Å². The summed E-state index contributed by atoms with van der Waals surface area (Å²) in [6, 6.07) is 0. The third-order valence-electron chi connectivity index (χ3n) is 1.23. The van der Waals surface area contributed by atoms with Gasteiger partial charge >= 0.3 is 6.36 Å². The molecule has 1 aromatic heterocycles. The first-order valence-electron chi connectivity index (χ1n) is 3.20. The Hall–Kier alpha value is -1.86. The minimum Gasteiger partial charge on any atom is -0.502 e. The average Bonchev–Trinajstić information content (AvgIpc) is 2.04. The fourth-order valence-corrected chi connectivity index (χ4v) is 0.695. The molecule has 5 nitrogen and oxygen atoms in total. The zero-order valence-electron chi connectivity index (χ0n) is 6.42. The van der Waals surface area contributed by atoms with Gasteiger partial charge in [0, 0.05) is 0 Å². The summed E-state index contributed by atoms with van der Waals surface area (Å²) in [5.74, 6) is -3.56. The van der Waals surface area contributed by atoms with Crippen LogP contribution in [-0.2, 0) is 0 Å². The second kappa shape index (κ2) is 3.13. The average molecular weight is 211 g/mol. The van der Waals surface area contributed by atoms with Gasteiger partial charge in [0.15, 0.2) is 5.75 Å². The highest BCUT2D eigenvalue weighted by Crippen LogP contribution is 2.34. The van der Waals surface area contributed by atoms with Crippen LogP contribution in [0, 0.1) is 0 Å². The molecule has 0 saturated carbocycles. The van der Waals surface area contributed by atoms with Gasteiger partial charge in [0.25, 0.3) is 5.56 Å². The van der Waals surface area contributed by atoms with Crippen molar-refractivity contribution in [2.45, 2.75) is 6.36 Å². The molecule has 0 aromatic carbocycles. The monoisotopic (exact) mass is 211 g/mol. The van der Waals surface area contributed by atoms with Crippen molar-refractivity contribution in [2.75, 3.05) is 0 Å². The predicted octanol–water partition coefficient (Wildman–Crippen LogP) is 0.685. The van der Waals surface area contributed by atoms with E-state index in [-0.39, 0.29) is 0 Å². The second-order valence-corrected chi connectivity index (χ2v) is 2.23. The summed E-state index contributed by atoms with van der Waals surface area (Å²) in [5, 5.41) is 17.6. The van der Waals surface area contributed by atoms with Crippen LogP contribution >= 0.6 is 0 Å². The van der Waals surface area contributed by atoms with E-state index in [0.29, 0.717) is 6.20 Å². The molecule has 1 heterocycles. The third-order valence-corrected chi connectivity index (χ3v) is 1.23. The van der Waals surface area contributed by atoms with Crippen molar-refractivity contribution in [3.63, 3.8) is 0 Å². The van der Waals surface area contributed by atoms with E-state index in [0.717, 1.165) is 0 Å². The summed E-state index contributed by atoms with van der Waals surface area (Å²) in [4.78, 5) is 12.3. The van der Waals surface area contributed by atoms with Crippen molar-refractivity contribution in [1.29, 1.82) is 0 Å². The predicted molar refractivity (Wildman–Crippen MR) is 37.1 cm³/mol. The topological polar surface area (TPSA) is 82.6 Å². The Balaban J connectivity index is 3.13. The van der Waals surface area contributed by atoms with E-state index in [1.54, 1.807) is 4.98 Å². The van der Waals surface area contributed by atoms with Gasteiger partial charge in [-0.3, -0.25) is 4.79 Å². The molecule has 0 saturated heterocycles. The van der Waals surface area contributed by atoms with Crippen molar-refractivity contribution in [3.05, 3.63) is 16.6 Å². The summed E-state index contributed by atoms with van der Waals surface area (Å²) >= 11 is 0. The van der Waals surface area contributed by atoms with Crippen LogP contribution in [0.5, 0.6) is 17.2 Å². The molecule has 1 rings (SSSR count). The molecule has 0 bridgehead atoms. The minimum atomic E-state index is -5.01. The number of ether oxygens (including phenoxy) is 1. The summed E-state index contributed by atoms with van der Waals surface area (Å²) in [6.45, 7) is 0. The lowest BCUT2D eigenvalue weighted by Crippen LogP contribution is -2.18. The van der Waals surface area contributed by atoms with Crippen molar-refractivity contribution in [3.8, 4) is 17.2 Å². The molecule has 0 amide bonds. The molecule has 0 aliphatic heterocycles. The maximum absolute atomic E-state index is 11.6. The highest BCUT2D eigenvalue weighted by atomic mass is 19.4. The Labute approximate surface area is 74.4 Å². The van der Waals surface area contributed by atoms with E-state index in [2.05, 4.69) is 4.74 Å². The van der Waals surface area contributed by atoms with Crippen LogP contribution in [0.2, 0.25) is 0 Å². The third kappa shape index (κ3) is 2.09. The van der Waals surface area contributed by atoms with Gasteiger partial charge in [-0.2, -0.15) is 0 Å². The Morgan fingerprint density at radius 3 is 2.36 bits per heavy atom. The molecule has 0 fully saturated rings. The molecule has 14 heavy (non-hydrogen) atoms. The molecule has 0 spiro atoms. The van der Waals surface area contributed by atoms with E-state index in [9.17, 15) is 18.0 Å². The van der Waals surface area contributed by atoms with Gasteiger partial charge in [0.2, 0.25) is 11.5 Å². The minimum absolute atomic E-state index is 0.491. The first kappa shape index (κ1) is 10.2. The maximum atomic E-state index is 11.6. The number of aromatic hydroxyl groups is 2. The van der Waals surface area contributed by atoms with E-state index in [4.69, 9.17) is 10.2 Å². The van der Waals surface area contributed by atoms with Crippen LogP contribution in [0.1, 0.15) is 0 Å². The summed E-state index contributed by atoms with van der Waals surface area (Å²) < 4.78 is 38.2. The highest BCUT2D eigenvalue weighted by Gasteiger charge is 2.33. The van der Waals surface area contributed by atoms with Crippen molar-refractivity contribution in [1.82, 2.24) is 4.98 Å². The van der Waals surface area contributed by atoms with Gasteiger partial charge in [0.05, 0.1) is 6.20 Å². The Kier molecular flexibility index (Phi) is 2.28. The van der Waals surface area contributed by atoms with Crippen LogP contribution in [0.25, 0.3) is 0 Å². The summed E-state index contributed by atoms with van der Waals surface area (Å²) in [6.07, 6.45) is -4.52. The number of hydrogen-bond donors (Lipinski definition) is 3. The van der Waals surface area contributed by atoms with Crippen LogP contribution in [0.15, 0.2) is 11.0 Å². The summed E-state index contributed by atoms with van der Waals surface area (Å²) in [7, 11) is 0. The second-order valence-electron chi connectivity index (χ2n) is 2.23. The van der Waals surface area contributed by atoms with Gasteiger partial charge in [-0.15, -0.1) is 13.2 Å². The number of H-pyrrole nitrogens is 1. The molecule has 8 heteroatoms. The van der Waals surface area contributed by atoms with E-state index < -0.39 is 29.2 Å². The lowest BCUT2D eigenvalue weighted by Gasteiger charge is -2.09. The number of rotatable bonds is 1. The number of aromatic amines is 1. The Morgan fingerprint density at radius 1 is 1.29 bits per heavy atom. The summed E-state index contributed by atoms with van der Waals surface area (Å²) in [5.41, 5.74) is -1.11. The van der Waals surface area contributed by atoms with Gasteiger partial charge in [0.1, 0.15) is 0 Å². The molecule has 0 unspecified atom stereocenters. The molecule has 0 aliphatic carbocycles. The standard InChI is InChI=1S/C6H4F3NO4/c7-6(8,9)14-2-1-10-5(13)4(12)3(2)11/h1,12H,(H2,10,11,13). The van der Waals surface area contributed by atoms with Crippen molar-refractivity contribution in [2.24, 2.45) is 0 Å². The molecular weight excluding hydrogens is 207 g/mol. The van der Waals surface area contributed by atoms with Gasteiger partial charge < -0.3 is 19.9 Å². The van der Waals surface area contributed by atoms with E-state index in [1.165, 1.54) is 0 Å². The number of nitrogens with one attached hydrogen (secondary N) is 1. The molecule has 0 aliphatic rings. The van der Waals surface area contributed by atoms with Crippen LogP contribution < -0.4 is 10.3 Å². The first-order chi connectivity index (χ1) is 6.31. The maximum Gasteiger partial charge on any atom is 0.573 e. The Bertz CT molecular complexity index is 397. The zero-order valence-corrected chi connectivity index (χ0v) is 6.42. The normalized spacial score (nSPS) is 11.4. The van der Waals surface area contributed by atoms with Gasteiger partial charge in [-0.05, 0) is 0 Å². The van der Waals surface area contributed by atoms with Gasteiger partial charge in [-0.25, -0.2) is 0 Å². The molecule has 0 atom stereocenters. The first-order valence-corrected chi connectivity index (χ1v) is 3.20. The zero-order chi connectivity index (χ0) is 10.9. The molecule has 1 aromatic rings. The van der Waals surface area contributed by atoms with E-state index >= 15 is 0 Å². The molecule has 78 valence electrons. The fourth-order valence-electron chi connectivity index (χ4n) is 0.695.